The summed E-state index contributed by atoms with van der Waals surface area (Å²) in [6.45, 7) is 6.16. The van der Waals surface area contributed by atoms with Crippen LogP contribution in [0.25, 0.3) is 6.08 Å². The summed E-state index contributed by atoms with van der Waals surface area (Å²) in [6.07, 6.45) is 6.95. The van der Waals surface area contributed by atoms with Crippen LogP contribution in [-0.4, -0.2) is 33.3 Å². The van der Waals surface area contributed by atoms with Crippen LogP contribution in [0.2, 0.25) is 0 Å². The van der Waals surface area contributed by atoms with Crippen molar-refractivity contribution in [1.82, 2.24) is 15.2 Å². The van der Waals surface area contributed by atoms with Crippen LogP contribution in [0.5, 0.6) is 0 Å². The van der Waals surface area contributed by atoms with Gasteiger partial charge in [-0.2, -0.15) is 0 Å². The third-order valence-corrected chi connectivity index (χ3v) is 5.41. The van der Waals surface area contributed by atoms with Crippen LogP contribution in [0, 0.1) is 0 Å². The lowest BCUT2D eigenvalue weighted by atomic mass is 10.00. The number of nitrogens with zero attached hydrogens (tertiary/aromatic N) is 2. The van der Waals surface area contributed by atoms with E-state index < -0.39 is 11.6 Å². The number of amides is 2. The second-order valence-corrected chi connectivity index (χ2v) is 9.28. The van der Waals surface area contributed by atoms with E-state index in [9.17, 15) is 14.4 Å². The zero-order valence-corrected chi connectivity index (χ0v) is 19.9. The maximum Gasteiger partial charge on any atom is 0.338 e. The first-order valence-corrected chi connectivity index (χ1v) is 11.3. The molecular weight excluding hydrogens is 442 g/mol. The molecule has 0 spiro atoms. The number of hydrogen-bond acceptors (Lipinski definition) is 5. The first kappa shape index (κ1) is 23.9. The molecule has 2 heterocycles. The quantitative estimate of drug-likeness (QED) is 0.552. The lowest BCUT2D eigenvalue weighted by Gasteiger charge is -2.24. The first-order valence-electron chi connectivity index (χ1n) is 11.3. The Bertz CT molecular complexity index is 1280. The number of fused-ring (bicyclic) bond motifs is 1. The van der Waals surface area contributed by atoms with Crippen molar-refractivity contribution in [1.29, 1.82) is 0 Å². The molecule has 0 aliphatic carbocycles. The minimum atomic E-state index is -0.591. The first-order chi connectivity index (χ1) is 16.7. The molecule has 4 rings (SSSR count). The van der Waals surface area contributed by atoms with Crippen molar-refractivity contribution in [3.63, 3.8) is 0 Å². The minimum absolute atomic E-state index is 0.185. The Kier molecular flexibility index (Phi) is 6.78. The number of carbonyl (C=O) groups excluding carboxylic acids is 3. The average Bonchev–Trinajstić information content (AvgIpc) is 2.86. The van der Waals surface area contributed by atoms with E-state index in [-0.39, 0.29) is 11.8 Å². The Hall–Kier alpha value is -4.26. The van der Waals surface area contributed by atoms with Gasteiger partial charge in [-0.05, 0) is 92.1 Å². The Morgan fingerprint density at radius 3 is 2.29 bits per heavy atom. The van der Waals surface area contributed by atoms with Crippen LogP contribution >= 0.6 is 0 Å². The van der Waals surface area contributed by atoms with Crippen LogP contribution in [0.3, 0.4) is 0 Å². The monoisotopic (exact) mass is 469 g/mol. The van der Waals surface area contributed by atoms with Crippen molar-refractivity contribution in [3.8, 4) is 0 Å². The fourth-order valence-corrected chi connectivity index (χ4v) is 3.63. The Balaban J connectivity index is 1.42. The molecule has 0 unspecified atom stereocenters. The van der Waals surface area contributed by atoms with E-state index >= 15 is 0 Å². The van der Waals surface area contributed by atoms with Crippen LogP contribution in [0.4, 0.5) is 0 Å². The number of pyridine rings is 1. The van der Waals surface area contributed by atoms with E-state index in [0.717, 1.165) is 16.7 Å². The fourth-order valence-electron chi connectivity index (χ4n) is 3.63. The van der Waals surface area contributed by atoms with Crippen molar-refractivity contribution in [2.24, 2.45) is 0 Å². The zero-order chi connectivity index (χ0) is 25.0. The SMILES string of the molecule is CC(C)(C)OC(=O)c1ccc(C(=O)N2C=Cc3ccc(C(=O)NCc4ccncc4)cc3C2)cc1. The zero-order valence-electron chi connectivity index (χ0n) is 19.9. The largest absolute Gasteiger partial charge is 0.456 e. The molecule has 3 aromatic rings. The summed E-state index contributed by atoms with van der Waals surface area (Å²) in [5, 5.41) is 2.91. The number of benzene rings is 2. The third-order valence-electron chi connectivity index (χ3n) is 5.41. The minimum Gasteiger partial charge on any atom is -0.456 e. The highest BCUT2D eigenvalue weighted by molar-refractivity contribution is 5.98. The highest BCUT2D eigenvalue weighted by atomic mass is 16.6. The maximum atomic E-state index is 13.1. The van der Waals surface area contributed by atoms with Gasteiger partial charge in [0.05, 0.1) is 12.1 Å². The molecule has 0 atom stereocenters. The molecule has 0 fully saturated rings. The molecule has 1 N–H and O–H groups in total. The molecule has 1 aliphatic rings. The van der Waals surface area contributed by atoms with Gasteiger partial charge in [-0.25, -0.2) is 4.79 Å². The smallest absolute Gasteiger partial charge is 0.338 e. The van der Waals surface area contributed by atoms with Gasteiger partial charge in [0.1, 0.15) is 5.60 Å². The number of hydrogen-bond donors (Lipinski definition) is 1. The summed E-state index contributed by atoms with van der Waals surface area (Å²) in [7, 11) is 0. The van der Waals surface area contributed by atoms with E-state index in [2.05, 4.69) is 10.3 Å². The molecular formula is C28H27N3O4. The number of carbonyl (C=O) groups is 3. The van der Waals surface area contributed by atoms with Gasteiger partial charge in [-0.3, -0.25) is 14.6 Å². The average molecular weight is 470 g/mol. The van der Waals surface area contributed by atoms with Gasteiger partial charge < -0.3 is 15.0 Å². The summed E-state index contributed by atoms with van der Waals surface area (Å²) in [5.41, 5.74) is 3.58. The molecule has 2 aromatic carbocycles. The molecule has 0 bridgehead atoms. The molecule has 1 aromatic heterocycles. The topological polar surface area (TPSA) is 88.6 Å². The van der Waals surface area contributed by atoms with Gasteiger partial charge in [0.2, 0.25) is 0 Å². The standard InChI is InChI=1S/C28H27N3O4/c1-28(2,3)35-27(34)22-7-5-21(6-8-22)26(33)31-15-12-20-4-9-23(16-24(20)18-31)25(32)30-17-19-10-13-29-14-11-19/h4-16H,17-18H2,1-3H3,(H,30,32). The molecule has 2 amide bonds. The van der Waals surface area contributed by atoms with E-state index in [1.54, 1.807) is 74.6 Å². The molecule has 35 heavy (non-hydrogen) atoms. The summed E-state index contributed by atoms with van der Waals surface area (Å²) >= 11 is 0. The number of nitrogens with one attached hydrogen (secondary N) is 1. The molecule has 0 saturated heterocycles. The van der Waals surface area contributed by atoms with Crippen molar-refractivity contribution >= 4 is 23.9 Å². The van der Waals surface area contributed by atoms with Crippen molar-refractivity contribution in [2.75, 3.05) is 0 Å². The van der Waals surface area contributed by atoms with E-state index in [1.807, 2.05) is 30.3 Å². The molecule has 178 valence electrons. The summed E-state index contributed by atoms with van der Waals surface area (Å²) in [4.78, 5) is 43.5. The van der Waals surface area contributed by atoms with E-state index in [0.29, 0.717) is 29.8 Å². The third kappa shape index (κ3) is 6.00. The van der Waals surface area contributed by atoms with E-state index in [1.165, 1.54) is 0 Å². The van der Waals surface area contributed by atoms with Gasteiger partial charge in [0.15, 0.2) is 0 Å². The van der Waals surface area contributed by atoms with Crippen LogP contribution in [0.15, 0.2) is 73.2 Å². The predicted molar refractivity (Wildman–Crippen MR) is 132 cm³/mol. The lowest BCUT2D eigenvalue weighted by Crippen LogP contribution is -2.28. The van der Waals surface area contributed by atoms with Crippen LogP contribution in [0.1, 0.15) is 68.5 Å². The lowest BCUT2D eigenvalue weighted by molar-refractivity contribution is 0.00691. The molecule has 7 heteroatoms. The Labute approximate surface area is 204 Å². The molecule has 0 saturated carbocycles. The number of aromatic nitrogens is 1. The Morgan fingerprint density at radius 1 is 0.943 bits per heavy atom. The van der Waals surface area contributed by atoms with Crippen molar-refractivity contribution in [3.05, 3.63) is 107 Å². The van der Waals surface area contributed by atoms with Crippen LogP contribution < -0.4 is 5.32 Å². The van der Waals surface area contributed by atoms with Crippen LogP contribution in [-0.2, 0) is 17.8 Å². The molecule has 1 aliphatic heterocycles. The summed E-state index contributed by atoms with van der Waals surface area (Å²) in [5.74, 6) is -0.817. The second-order valence-electron chi connectivity index (χ2n) is 9.28. The highest BCUT2D eigenvalue weighted by Gasteiger charge is 2.21. The fraction of sp³-hybridized carbons (Fsp3) is 0.214. The van der Waals surface area contributed by atoms with Crippen molar-refractivity contribution < 1.29 is 19.1 Å². The van der Waals surface area contributed by atoms with Gasteiger partial charge in [0, 0.05) is 36.3 Å². The number of esters is 1. The second kappa shape index (κ2) is 9.93. The normalized spacial score (nSPS) is 12.6. The molecule has 0 radical (unpaired) electrons. The van der Waals surface area contributed by atoms with Gasteiger partial charge in [-0.15, -0.1) is 0 Å². The van der Waals surface area contributed by atoms with E-state index in [4.69, 9.17) is 4.74 Å². The summed E-state index contributed by atoms with van der Waals surface area (Å²) < 4.78 is 5.37. The number of rotatable bonds is 5. The van der Waals surface area contributed by atoms with Crippen molar-refractivity contribution in [2.45, 2.75) is 39.5 Å². The van der Waals surface area contributed by atoms with Gasteiger partial charge >= 0.3 is 5.97 Å². The highest BCUT2D eigenvalue weighted by Crippen LogP contribution is 2.23. The maximum absolute atomic E-state index is 13.1. The number of ether oxygens (including phenoxy) is 1. The summed E-state index contributed by atoms with van der Waals surface area (Å²) in [6, 6.07) is 15.6. The predicted octanol–water partition coefficient (Wildman–Crippen LogP) is 4.59. The van der Waals surface area contributed by atoms with Gasteiger partial charge in [-0.1, -0.05) is 6.07 Å². The molecule has 7 nitrogen and oxygen atoms in total. The Morgan fingerprint density at radius 2 is 1.60 bits per heavy atom. The van der Waals surface area contributed by atoms with Gasteiger partial charge in [0.25, 0.3) is 11.8 Å².